The van der Waals surface area contributed by atoms with E-state index in [0.717, 1.165) is 19.6 Å². The summed E-state index contributed by atoms with van der Waals surface area (Å²) in [6.07, 6.45) is 0. The molecule has 0 radical (unpaired) electrons. The third kappa shape index (κ3) is 4.22. The lowest BCUT2D eigenvalue weighted by atomic mass is 9.93. The standard InChI is InChI=1S/C15H32N2O/c1-11(2)13-9-17(10-15(5,6)18-7)14(8-16-13)12(3)4/h11-14,16H,8-10H2,1-7H3. The van der Waals surface area contributed by atoms with Crippen LogP contribution in [-0.2, 0) is 4.74 Å². The van der Waals surface area contributed by atoms with Crippen molar-refractivity contribution >= 4 is 0 Å². The number of hydrogen-bond acceptors (Lipinski definition) is 3. The van der Waals surface area contributed by atoms with Gasteiger partial charge >= 0.3 is 0 Å². The molecule has 1 saturated heterocycles. The van der Waals surface area contributed by atoms with Gasteiger partial charge in [0, 0.05) is 38.8 Å². The summed E-state index contributed by atoms with van der Waals surface area (Å²) in [5.74, 6) is 1.37. The zero-order chi connectivity index (χ0) is 13.9. The molecular formula is C15H32N2O. The molecule has 0 spiro atoms. The number of hydrogen-bond donors (Lipinski definition) is 1. The fourth-order valence-electron chi connectivity index (χ4n) is 2.69. The maximum atomic E-state index is 5.60. The third-order valence-electron chi connectivity index (χ3n) is 4.20. The van der Waals surface area contributed by atoms with E-state index in [9.17, 15) is 0 Å². The molecule has 1 rings (SSSR count). The minimum absolute atomic E-state index is 0.0635. The van der Waals surface area contributed by atoms with Gasteiger partial charge < -0.3 is 10.1 Å². The topological polar surface area (TPSA) is 24.5 Å². The summed E-state index contributed by atoms with van der Waals surface area (Å²) < 4.78 is 5.60. The molecule has 1 heterocycles. The first-order chi connectivity index (χ1) is 8.26. The van der Waals surface area contributed by atoms with Crippen LogP contribution < -0.4 is 5.32 Å². The molecule has 3 heteroatoms. The van der Waals surface area contributed by atoms with E-state index in [2.05, 4.69) is 51.8 Å². The number of piperazine rings is 1. The quantitative estimate of drug-likeness (QED) is 0.817. The molecule has 1 fully saturated rings. The Bertz CT molecular complexity index is 251. The molecule has 0 aromatic rings. The lowest BCUT2D eigenvalue weighted by Crippen LogP contribution is -2.62. The van der Waals surface area contributed by atoms with E-state index in [1.807, 2.05) is 7.11 Å². The van der Waals surface area contributed by atoms with Crippen molar-refractivity contribution in [2.24, 2.45) is 11.8 Å². The third-order valence-corrected chi connectivity index (χ3v) is 4.20. The van der Waals surface area contributed by atoms with Crippen LogP contribution in [0.15, 0.2) is 0 Å². The van der Waals surface area contributed by atoms with Crippen molar-refractivity contribution < 1.29 is 4.74 Å². The van der Waals surface area contributed by atoms with Gasteiger partial charge in [0.2, 0.25) is 0 Å². The second-order valence-electron chi connectivity index (χ2n) is 6.96. The number of nitrogens with zero attached hydrogens (tertiary/aromatic N) is 1. The van der Waals surface area contributed by atoms with Crippen LogP contribution in [-0.4, -0.2) is 49.3 Å². The van der Waals surface area contributed by atoms with Gasteiger partial charge in [0.25, 0.3) is 0 Å². The van der Waals surface area contributed by atoms with Crippen LogP contribution in [0.3, 0.4) is 0 Å². The predicted molar refractivity (Wildman–Crippen MR) is 77.9 cm³/mol. The summed E-state index contributed by atoms with van der Waals surface area (Å²) in [6, 6.07) is 1.22. The predicted octanol–water partition coefficient (Wildman–Crippen LogP) is 2.37. The maximum Gasteiger partial charge on any atom is 0.0749 e. The summed E-state index contributed by atoms with van der Waals surface area (Å²) >= 11 is 0. The highest BCUT2D eigenvalue weighted by Crippen LogP contribution is 2.21. The monoisotopic (exact) mass is 256 g/mol. The average Bonchev–Trinajstić information content (AvgIpc) is 2.28. The van der Waals surface area contributed by atoms with Crippen LogP contribution in [0.5, 0.6) is 0 Å². The second kappa shape index (κ2) is 6.36. The summed E-state index contributed by atoms with van der Waals surface area (Å²) in [5.41, 5.74) is -0.0635. The number of rotatable bonds is 5. The van der Waals surface area contributed by atoms with Crippen LogP contribution in [0.1, 0.15) is 41.5 Å². The van der Waals surface area contributed by atoms with E-state index in [1.54, 1.807) is 0 Å². The Morgan fingerprint density at radius 2 is 1.83 bits per heavy atom. The summed E-state index contributed by atoms with van der Waals surface area (Å²) in [6.45, 7) is 16.8. The Kier molecular flexibility index (Phi) is 5.63. The molecule has 0 saturated carbocycles. The first kappa shape index (κ1) is 15.9. The summed E-state index contributed by atoms with van der Waals surface area (Å²) in [7, 11) is 1.81. The largest absolute Gasteiger partial charge is 0.377 e. The number of ether oxygens (including phenoxy) is 1. The van der Waals surface area contributed by atoms with Crippen LogP contribution in [0, 0.1) is 11.8 Å². The SMILES string of the molecule is COC(C)(C)CN1CC(C(C)C)NCC1C(C)C. The van der Waals surface area contributed by atoms with Crippen LogP contribution in [0.4, 0.5) is 0 Å². The smallest absolute Gasteiger partial charge is 0.0749 e. The molecule has 1 aliphatic heterocycles. The van der Waals surface area contributed by atoms with E-state index in [-0.39, 0.29) is 5.60 Å². The van der Waals surface area contributed by atoms with Gasteiger partial charge in [-0.3, -0.25) is 4.90 Å². The molecule has 0 amide bonds. The molecular weight excluding hydrogens is 224 g/mol. The maximum absolute atomic E-state index is 5.60. The highest BCUT2D eigenvalue weighted by molar-refractivity contribution is 4.91. The van der Waals surface area contributed by atoms with Gasteiger partial charge in [-0.1, -0.05) is 27.7 Å². The van der Waals surface area contributed by atoms with Crippen LogP contribution >= 0.6 is 0 Å². The second-order valence-corrected chi connectivity index (χ2v) is 6.96. The van der Waals surface area contributed by atoms with Crippen molar-refractivity contribution in [1.82, 2.24) is 10.2 Å². The normalized spacial score (nSPS) is 27.2. The van der Waals surface area contributed by atoms with Gasteiger partial charge in [-0.15, -0.1) is 0 Å². The van der Waals surface area contributed by atoms with Crippen LogP contribution in [0.2, 0.25) is 0 Å². The first-order valence-corrected chi connectivity index (χ1v) is 7.29. The molecule has 2 atom stereocenters. The van der Waals surface area contributed by atoms with E-state index in [4.69, 9.17) is 4.74 Å². The fourth-order valence-corrected chi connectivity index (χ4v) is 2.69. The minimum Gasteiger partial charge on any atom is -0.377 e. The first-order valence-electron chi connectivity index (χ1n) is 7.29. The highest BCUT2D eigenvalue weighted by atomic mass is 16.5. The van der Waals surface area contributed by atoms with Crippen LogP contribution in [0.25, 0.3) is 0 Å². The van der Waals surface area contributed by atoms with Crippen molar-refractivity contribution in [1.29, 1.82) is 0 Å². The fraction of sp³-hybridized carbons (Fsp3) is 1.00. The molecule has 18 heavy (non-hydrogen) atoms. The average molecular weight is 256 g/mol. The molecule has 3 nitrogen and oxygen atoms in total. The molecule has 0 aliphatic carbocycles. The van der Waals surface area contributed by atoms with Gasteiger partial charge in [-0.2, -0.15) is 0 Å². The zero-order valence-electron chi connectivity index (χ0n) is 13.3. The summed E-state index contributed by atoms with van der Waals surface area (Å²) in [5, 5.41) is 3.70. The van der Waals surface area contributed by atoms with Crippen molar-refractivity contribution in [3.05, 3.63) is 0 Å². The number of nitrogens with one attached hydrogen (secondary N) is 1. The van der Waals surface area contributed by atoms with Crippen molar-refractivity contribution in [3.8, 4) is 0 Å². The lowest BCUT2D eigenvalue weighted by molar-refractivity contribution is -0.0358. The molecule has 0 aromatic carbocycles. The van der Waals surface area contributed by atoms with Crippen molar-refractivity contribution in [2.45, 2.75) is 59.2 Å². The molecule has 2 unspecified atom stereocenters. The van der Waals surface area contributed by atoms with Gasteiger partial charge in [0.1, 0.15) is 0 Å². The van der Waals surface area contributed by atoms with E-state index >= 15 is 0 Å². The minimum atomic E-state index is -0.0635. The van der Waals surface area contributed by atoms with Gasteiger partial charge in [-0.25, -0.2) is 0 Å². The molecule has 0 bridgehead atoms. The number of methoxy groups -OCH3 is 1. The van der Waals surface area contributed by atoms with Gasteiger partial charge in [-0.05, 0) is 25.7 Å². The molecule has 0 aromatic heterocycles. The Morgan fingerprint density at radius 1 is 1.22 bits per heavy atom. The Labute approximate surface area is 113 Å². The lowest BCUT2D eigenvalue weighted by Gasteiger charge is -2.46. The van der Waals surface area contributed by atoms with E-state index in [1.165, 1.54) is 0 Å². The van der Waals surface area contributed by atoms with Gasteiger partial charge in [0.05, 0.1) is 5.60 Å². The Hall–Kier alpha value is -0.120. The zero-order valence-corrected chi connectivity index (χ0v) is 13.3. The Morgan fingerprint density at radius 3 is 2.28 bits per heavy atom. The van der Waals surface area contributed by atoms with E-state index < -0.39 is 0 Å². The van der Waals surface area contributed by atoms with Crippen molar-refractivity contribution in [3.63, 3.8) is 0 Å². The molecule has 108 valence electrons. The Balaban J connectivity index is 2.72. The van der Waals surface area contributed by atoms with E-state index in [0.29, 0.717) is 23.9 Å². The van der Waals surface area contributed by atoms with Gasteiger partial charge in [0.15, 0.2) is 0 Å². The van der Waals surface area contributed by atoms with Crippen molar-refractivity contribution in [2.75, 3.05) is 26.7 Å². The molecule has 1 N–H and O–H groups in total. The highest BCUT2D eigenvalue weighted by Gasteiger charge is 2.34. The summed E-state index contributed by atoms with van der Waals surface area (Å²) in [4.78, 5) is 2.62. The molecule has 1 aliphatic rings.